The zero-order chi connectivity index (χ0) is 23.5. The molecule has 0 radical (unpaired) electrons. The van der Waals surface area contributed by atoms with Crippen LogP contribution in [0.15, 0.2) is 53.4 Å². The van der Waals surface area contributed by atoms with Gasteiger partial charge in [-0.3, -0.25) is 14.4 Å². The van der Waals surface area contributed by atoms with E-state index in [-0.39, 0.29) is 22.6 Å². The summed E-state index contributed by atoms with van der Waals surface area (Å²) in [6.07, 6.45) is 0.679. The molecule has 0 saturated heterocycles. The smallest absolute Gasteiger partial charge is 0.269 e. The number of halogens is 1. The van der Waals surface area contributed by atoms with Crippen molar-refractivity contribution < 1.29 is 27.2 Å². The van der Waals surface area contributed by atoms with Crippen LogP contribution in [-0.4, -0.2) is 54.5 Å². The number of benzene rings is 2. The minimum atomic E-state index is -4.20. The predicted octanol–water partition coefficient (Wildman–Crippen LogP) is 1.91. The number of rotatable bonds is 8. The van der Waals surface area contributed by atoms with Gasteiger partial charge < -0.3 is 10.2 Å². The maximum atomic E-state index is 14.3. The lowest BCUT2D eigenvalue weighted by Gasteiger charge is -2.30. The Hall–Kier alpha value is -3.27. The van der Waals surface area contributed by atoms with Gasteiger partial charge >= 0.3 is 0 Å². The first-order valence-corrected chi connectivity index (χ1v) is 11.6. The highest BCUT2D eigenvalue weighted by Crippen LogP contribution is 2.30. The quantitative estimate of drug-likeness (QED) is 0.647. The molecule has 170 valence electrons. The maximum absolute atomic E-state index is 14.3. The summed E-state index contributed by atoms with van der Waals surface area (Å²) in [5.41, 5.74) is 0.143. The van der Waals surface area contributed by atoms with Crippen LogP contribution in [0.1, 0.15) is 36.2 Å². The fraction of sp³-hybridized carbons (Fsp3) is 0.318. The van der Waals surface area contributed by atoms with E-state index in [1.807, 2.05) is 6.92 Å². The van der Waals surface area contributed by atoms with Gasteiger partial charge in [0.2, 0.25) is 11.8 Å². The van der Waals surface area contributed by atoms with E-state index in [0.29, 0.717) is 17.3 Å². The average molecular weight is 462 g/mol. The molecule has 1 atom stereocenters. The second-order valence-corrected chi connectivity index (χ2v) is 9.22. The van der Waals surface area contributed by atoms with Crippen LogP contribution in [0, 0.1) is 5.82 Å². The SMILES string of the molecule is CCCNC(=O)[C@@H](C)N(Cc1ccccc1F)C(=O)CN1C(=O)c2ccccc2S1(=O)=O. The summed E-state index contributed by atoms with van der Waals surface area (Å²) >= 11 is 0. The van der Waals surface area contributed by atoms with Gasteiger partial charge in [-0.15, -0.1) is 0 Å². The van der Waals surface area contributed by atoms with Gasteiger partial charge in [-0.25, -0.2) is 17.1 Å². The Balaban J connectivity index is 1.89. The van der Waals surface area contributed by atoms with E-state index in [4.69, 9.17) is 0 Å². The van der Waals surface area contributed by atoms with Crippen LogP contribution in [0.25, 0.3) is 0 Å². The molecule has 10 heteroatoms. The molecule has 1 N–H and O–H groups in total. The second-order valence-electron chi connectivity index (χ2n) is 7.39. The predicted molar refractivity (Wildman–Crippen MR) is 114 cm³/mol. The van der Waals surface area contributed by atoms with Crippen molar-refractivity contribution in [2.24, 2.45) is 0 Å². The highest BCUT2D eigenvalue weighted by atomic mass is 32.2. The summed E-state index contributed by atoms with van der Waals surface area (Å²) in [6, 6.07) is 10.5. The van der Waals surface area contributed by atoms with Crippen molar-refractivity contribution in [3.63, 3.8) is 0 Å². The third-order valence-corrected chi connectivity index (χ3v) is 6.99. The Labute approximate surface area is 186 Å². The number of hydrogen-bond acceptors (Lipinski definition) is 5. The third-order valence-electron chi connectivity index (χ3n) is 5.21. The van der Waals surface area contributed by atoms with E-state index < -0.39 is 46.1 Å². The molecular weight excluding hydrogens is 437 g/mol. The highest BCUT2D eigenvalue weighted by molar-refractivity contribution is 7.90. The topological polar surface area (TPSA) is 104 Å². The van der Waals surface area contributed by atoms with Crippen molar-refractivity contribution in [3.8, 4) is 0 Å². The molecule has 0 spiro atoms. The monoisotopic (exact) mass is 461 g/mol. The van der Waals surface area contributed by atoms with Gasteiger partial charge in [0.1, 0.15) is 23.3 Å². The highest BCUT2D eigenvalue weighted by Gasteiger charge is 2.43. The summed E-state index contributed by atoms with van der Waals surface area (Å²) in [7, 11) is -4.20. The van der Waals surface area contributed by atoms with Gasteiger partial charge in [0.05, 0.1) is 5.56 Å². The number of hydrogen-bond donors (Lipinski definition) is 1. The first kappa shape index (κ1) is 23.4. The molecule has 1 aliphatic rings. The van der Waals surface area contributed by atoms with Crippen LogP contribution in [0.5, 0.6) is 0 Å². The largest absolute Gasteiger partial charge is 0.354 e. The molecule has 0 fully saturated rings. The zero-order valence-electron chi connectivity index (χ0n) is 17.7. The molecule has 2 aromatic carbocycles. The minimum Gasteiger partial charge on any atom is -0.354 e. The summed E-state index contributed by atoms with van der Waals surface area (Å²) in [4.78, 5) is 39.3. The Morgan fingerprint density at radius 1 is 1.12 bits per heavy atom. The van der Waals surface area contributed by atoms with Gasteiger partial charge in [-0.05, 0) is 31.5 Å². The lowest BCUT2D eigenvalue weighted by atomic mass is 10.1. The average Bonchev–Trinajstić information content (AvgIpc) is 2.97. The number of carbonyl (C=O) groups excluding carboxylic acids is 3. The third kappa shape index (κ3) is 4.50. The van der Waals surface area contributed by atoms with E-state index in [0.717, 1.165) is 4.90 Å². The van der Waals surface area contributed by atoms with E-state index >= 15 is 0 Å². The number of fused-ring (bicyclic) bond motifs is 1. The van der Waals surface area contributed by atoms with Crippen molar-refractivity contribution in [2.75, 3.05) is 13.1 Å². The van der Waals surface area contributed by atoms with Crippen LogP contribution in [-0.2, 0) is 26.2 Å². The molecule has 0 aromatic heterocycles. The number of carbonyl (C=O) groups is 3. The number of nitrogens with zero attached hydrogens (tertiary/aromatic N) is 2. The number of sulfonamides is 1. The summed E-state index contributed by atoms with van der Waals surface area (Å²) in [5, 5.41) is 2.68. The Morgan fingerprint density at radius 3 is 2.44 bits per heavy atom. The van der Waals surface area contributed by atoms with Crippen molar-refractivity contribution in [1.82, 2.24) is 14.5 Å². The van der Waals surface area contributed by atoms with Gasteiger partial charge in [0, 0.05) is 18.7 Å². The van der Waals surface area contributed by atoms with Crippen LogP contribution < -0.4 is 5.32 Å². The summed E-state index contributed by atoms with van der Waals surface area (Å²) in [5.74, 6) is -2.64. The molecule has 0 unspecified atom stereocenters. The summed E-state index contributed by atoms with van der Waals surface area (Å²) in [6.45, 7) is 2.67. The molecular formula is C22H24FN3O5S. The molecule has 8 nitrogen and oxygen atoms in total. The lowest BCUT2D eigenvalue weighted by molar-refractivity contribution is -0.140. The van der Waals surface area contributed by atoms with E-state index in [1.165, 1.54) is 49.4 Å². The van der Waals surface area contributed by atoms with Crippen molar-refractivity contribution in [1.29, 1.82) is 0 Å². The second kappa shape index (κ2) is 9.47. The Kier molecular flexibility index (Phi) is 6.93. The minimum absolute atomic E-state index is 0.0188. The van der Waals surface area contributed by atoms with Crippen molar-refractivity contribution in [3.05, 3.63) is 65.5 Å². The standard InChI is InChI=1S/C22H24FN3O5S/c1-3-12-24-21(28)15(2)25(13-16-8-4-6-10-18(16)23)20(27)14-26-22(29)17-9-5-7-11-19(17)32(26,30)31/h4-11,15H,3,12-14H2,1-2H3,(H,24,28)/t15-/m1/s1. The van der Waals surface area contributed by atoms with Gasteiger partial charge in [-0.1, -0.05) is 37.3 Å². The molecule has 3 amide bonds. The first-order chi connectivity index (χ1) is 15.2. The fourth-order valence-corrected chi connectivity index (χ4v) is 4.91. The van der Waals surface area contributed by atoms with E-state index in [9.17, 15) is 27.2 Å². The molecule has 1 aliphatic heterocycles. The van der Waals surface area contributed by atoms with Crippen LogP contribution in [0.2, 0.25) is 0 Å². The Bertz CT molecular complexity index is 1150. The fourth-order valence-electron chi connectivity index (χ4n) is 3.39. The molecule has 0 aliphatic carbocycles. The molecule has 0 saturated carbocycles. The van der Waals surface area contributed by atoms with Crippen molar-refractivity contribution in [2.45, 2.75) is 37.8 Å². The van der Waals surface area contributed by atoms with Crippen LogP contribution in [0.4, 0.5) is 4.39 Å². The van der Waals surface area contributed by atoms with Gasteiger partial charge in [0.25, 0.3) is 15.9 Å². The molecule has 3 rings (SSSR count). The van der Waals surface area contributed by atoms with Crippen LogP contribution >= 0.6 is 0 Å². The van der Waals surface area contributed by atoms with E-state index in [2.05, 4.69) is 5.32 Å². The number of nitrogens with one attached hydrogen (secondary N) is 1. The van der Waals surface area contributed by atoms with Crippen LogP contribution in [0.3, 0.4) is 0 Å². The first-order valence-electron chi connectivity index (χ1n) is 10.1. The van der Waals surface area contributed by atoms with Gasteiger partial charge in [-0.2, -0.15) is 0 Å². The summed E-state index contributed by atoms with van der Waals surface area (Å²) < 4.78 is 40.4. The number of amides is 3. The normalized spacial score (nSPS) is 15.2. The lowest BCUT2D eigenvalue weighted by Crippen LogP contribution is -2.51. The molecule has 2 aromatic rings. The Morgan fingerprint density at radius 2 is 1.78 bits per heavy atom. The molecule has 32 heavy (non-hydrogen) atoms. The van der Waals surface area contributed by atoms with Gasteiger partial charge in [0.15, 0.2) is 0 Å². The molecule has 1 heterocycles. The molecule has 0 bridgehead atoms. The van der Waals surface area contributed by atoms with E-state index in [1.54, 1.807) is 6.07 Å². The van der Waals surface area contributed by atoms with Crippen molar-refractivity contribution >= 4 is 27.7 Å². The maximum Gasteiger partial charge on any atom is 0.269 e. The zero-order valence-corrected chi connectivity index (χ0v) is 18.6.